The van der Waals surface area contributed by atoms with Crippen molar-refractivity contribution in [2.24, 2.45) is 0 Å². The number of rotatable bonds is 3. The topological polar surface area (TPSA) is 114 Å². The van der Waals surface area contributed by atoms with Gasteiger partial charge in [-0.1, -0.05) is 12.1 Å². The van der Waals surface area contributed by atoms with E-state index >= 15 is 0 Å². The number of fused-ring (bicyclic) bond motifs is 1. The highest BCUT2D eigenvalue weighted by Gasteiger charge is 2.21. The third-order valence-corrected chi connectivity index (χ3v) is 4.19. The summed E-state index contributed by atoms with van der Waals surface area (Å²) < 4.78 is 17.3. The molecule has 7 heteroatoms. The highest BCUT2D eigenvalue weighted by molar-refractivity contribution is 7.89. The van der Waals surface area contributed by atoms with Crippen molar-refractivity contribution in [2.75, 3.05) is 6.26 Å². The van der Waals surface area contributed by atoms with E-state index in [0.717, 1.165) is 6.07 Å². The lowest BCUT2D eigenvalue weighted by Crippen LogP contribution is -2.12. The van der Waals surface area contributed by atoms with E-state index in [9.17, 15) is 24.7 Å². The van der Waals surface area contributed by atoms with Crippen molar-refractivity contribution < 1.29 is 24.3 Å². The molecule has 1 heterocycles. The Labute approximate surface area is 139 Å². The Hall–Kier alpha value is -2.64. The average Bonchev–Trinajstić information content (AvgIpc) is 2.47. The first kappa shape index (κ1) is 16.2. The Balaban J connectivity index is 2.38. The van der Waals surface area contributed by atoms with Crippen molar-refractivity contribution in [3.05, 3.63) is 52.4 Å². The van der Waals surface area contributed by atoms with Gasteiger partial charge in [-0.2, -0.15) is 0 Å². The van der Waals surface area contributed by atoms with Crippen LogP contribution in [0.25, 0.3) is 22.1 Å². The molecule has 1 unspecified atom stereocenters. The van der Waals surface area contributed by atoms with Crippen molar-refractivity contribution in [1.82, 2.24) is 0 Å². The molecule has 0 saturated carbocycles. The molecule has 0 aliphatic rings. The van der Waals surface area contributed by atoms with E-state index in [0.29, 0.717) is 5.56 Å². The Kier molecular flexibility index (Phi) is 4.13. The summed E-state index contributed by atoms with van der Waals surface area (Å²) in [5.41, 5.74) is 0.149. The molecule has 0 bridgehead atoms. The van der Waals surface area contributed by atoms with Gasteiger partial charge in [0, 0.05) is 12.1 Å². The summed E-state index contributed by atoms with van der Waals surface area (Å²) in [4.78, 5) is 12.9. The van der Waals surface area contributed by atoms with E-state index in [2.05, 4.69) is 0 Å². The smallest absolute Gasteiger partial charge is 0.204 e. The molecule has 1 aromatic heterocycles. The van der Waals surface area contributed by atoms with Gasteiger partial charge in [-0.25, -0.2) is 0 Å². The van der Waals surface area contributed by atoms with E-state index in [4.69, 9.17) is 4.42 Å². The molecule has 3 N–H and O–H groups in total. The molecule has 0 saturated heterocycles. The molecule has 3 rings (SSSR count). The van der Waals surface area contributed by atoms with Crippen LogP contribution in [-0.2, 0) is 16.9 Å². The SMILES string of the molecule is C[S+]([O-])Cc1oc2cc(O)cc(O)c2c(=O)c1-c1ccc(O)cc1. The van der Waals surface area contributed by atoms with Gasteiger partial charge in [-0.05, 0) is 28.9 Å². The Morgan fingerprint density at radius 1 is 1.08 bits per heavy atom. The molecule has 0 aliphatic carbocycles. The minimum atomic E-state index is -1.27. The molecule has 6 nitrogen and oxygen atoms in total. The van der Waals surface area contributed by atoms with Gasteiger partial charge in [0.1, 0.15) is 28.2 Å². The van der Waals surface area contributed by atoms with Gasteiger partial charge in [-0.15, -0.1) is 0 Å². The van der Waals surface area contributed by atoms with Crippen LogP contribution in [0.15, 0.2) is 45.6 Å². The van der Waals surface area contributed by atoms with Gasteiger partial charge in [-0.3, -0.25) is 4.79 Å². The number of benzene rings is 2. The van der Waals surface area contributed by atoms with Crippen molar-refractivity contribution in [1.29, 1.82) is 0 Å². The van der Waals surface area contributed by atoms with Crippen LogP contribution in [0.5, 0.6) is 17.2 Å². The Morgan fingerprint density at radius 3 is 2.38 bits per heavy atom. The van der Waals surface area contributed by atoms with Crippen molar-refractivity contribution in [3.63, 3.8) is 0 Å². The summed E-state index contributed by atoms with van der Waals surface area (Å²) in [5.74, 6) is -0.425. The van der Waals surface area contributed by atoms with Gasteiger partial charge in [0.15, 0.2) is 11.5 Å². The second-order valence-electron chi connectivity index (χ2n) is 5.33. The maximum absolute atomic E-state index is 12.9. The average molecular weight is 346 g/mol. The van der Waals surface area contributed by atoms with E-state index < -0.39 is 22.4 Å². The lowest BCUT2D eigenvalue weighted by Gasteiger charge is -2.12. The van der Waals surface area contributed by atoms with Crippen LogP contribution in [0.1, 0.15) is 5.76 Å². The zero-order chi connectivity index (χ0) is 17.4. The third-order valence-electron chi connectivity index (χ3n) is 3.52. The first-order valence-corrected chi connectivity index (χ1v) is 8.70. The predicted octanol–water partition coefficient (Wildman–Crippen LogP) is 2.46. The van der Waals surface area contributed by atoms with Crippen LogP contribution in [0, 0.1) is 0 Å². The van der Waals surface area contributed by atoms with Gasteiger partial charge < -0.3 is 24.3 Å². The third kappa shape index (κ3) is 2.91. The van der Waals surface area contributed by atoms with Crippen molar-refractivity contribution in [2.45, 2.75) is 5.75 Å². The van der Waals surface area contributed by atoms with E-state index in [1.165, 1.54) is 36.6 Å². The van der Waals surface area contributed by atoms with Gasteiger partial charge >= 0.3 is 0 Å². The number of hydrogen-bond donors (Lipinski definition) is 3. The fourth-order valence-electron chi connectivity index (χ4n) is 2.54. The quantitative estimate of drug-likeness (QED) is 0.628. The molecule has 0 fully saturated rings. The molecule has 2 aromatic carbocycles. The monoisotopic (exact) mass is 346 g/mol. The zero-order valence-electron chi connectivity index (χ0n) is 12.6. The van der Waals surface area contributed by atoms with Gasteiger partial charge in [0.2, 0.25) is 5.43 Å². The summed E-state index contributed by atoms with van der Waals surface area (Å²) in [6, 6.07) is 8.18. The van der Waals surface area contributed by atoms with E-state index in [1.807, 2.05) is 0 Å². The Bertz CT molecular complexity index is 959. The van der Waals surface area contributed by atoms with Crippen LogP contribution in [0.4, 0.5) is 0 Å². The molecular formula is C17H14O6S. The summed E-state index contributed by atoms with van der Waals surface area (Å²) in [5, 5.41) is 28.9. The number of phenols is 3. The lowest BCUT2D eigenvalue weighted by atomic mass is 10.0. The minimum Gasteiger partial charge on any atom is -0.616 e. The van der Waals surface area contributed by atoms with Crippen molar-refractivity contribution >= 4 is 22.1 Å². The summed E-state index contributed by atoms with van der Waals surface area (Å²) in [7, 11) is 0. The molecule has 1 atom stereocenters. The van der Waals surface area contributed by atoms with Crippen LogP contribution in [0.3, 0.4) is 0 Å². The standard InChI is InChI=1S/C17H14O6S/c1-24(22)8-14-15(9-2-4-10(18)5-3-9)17(21)16-12(20)6-11(19)7-13(16)23-14/h2-7,18-20H,8H2,1H3. The fraction of sp³-hybridized carbons (Fsp3) is 0.118. The molecule has 0 amide bonds. The van der Waals surface area contributed by atoms with Crippen LogP contribution < -0.4 is 5.43 Å². The molecule has 3 aromatic rings. The van der Waals surface area contributed by atoms with Crippen molar-refractivity contribution in [3.8, 4) is 28.4 Å². The van der Waals surface area contributed by atoms with E-state index in [1.54, 1.807) is 0 Å². The molecular weight excluding hydrogens is 332 g/mol. The van der Waals surface area contributed by atoms with Crippen LogP contribution >= 0.6 is 0 Å². The summed E-state index contributed by atoms with van der Waals surface area (Å²) in [6.45, 7) is 0. The Morgan fingerprint density at radius 2 is 1.75 bits per heavy atom. The van der Waals surface area contributed by atoms with E-state index in [-0.39, 0.29) is 39.5 Å². The van der Waals surface area contributed by atoms with Crippen LogP contribution in [-0.4, -0.2) is 26.1 Å². The van der Waals surface area contributed by atoms with Gasteiger partial charge in [0.25, 0.3) is 0 Å². The van der Waals surface area contributed by atoms with Gasteiger partial charge in [0.05, 0.1) is 11.8 Å². The normalized spacial score (nSPS) is 12.4. The first-order chi connectivity index (χ1) is 11.4. The second kappa shape index (κ2) is 6.10. The lowest BCUT2D eigenvalue weighted by molar-refractivity contribution is 0.451. The number of aromatic hydroxyl groups is 3. The molecule has 0 aliphatic heterocycles. The maximum atomic E-state index is 12.9. The number of phenolic OH excluding ortho intramolecular Hbond substituents is 3. The zero-order valence-corrected chi connectivity index (χ0v) is 13.5. The predicted molar refractivity (Wildman–Crippen MR) is 90.7 cm³/mol. The largest absolute Gasteiger partial charge is 0.616 e. The second-order valence-corrected chi connectivity index (χ2v) is 6.77. The maximum Gasteiger partial charge on any atom is 0.204 e. The molecule has 0 spiro atoms. The molecule has 24 heavy (non-hydrogen) atoms. The number of hydrogen-bond acceptors (Lipinski definition) is 6. The highest BCUT2D eigenvalue weighted by atomic mass is 32.2. The molecule has 124 valence electrons. The highest BCUT2D eigenvalue weighted by Crippen LogP contribution is 2.33. The minimum absolute atomic E-state index is 0.00217. The van der Waals surface area contributed by atoms with Crippen LogP contribution in [0.2, 0.25) is 0 Å². The summed E-state index contributed by atoms with van der Waals surface area (Å²) >= 11 is -1.27. The first-order valence-electron chi connectivity index (χ1n) is 6.98. The summed E-state index contributed by atoms with van der Waals surface area (Å²) in [6.07, 6.45) is 1.48. The fourth-order valence-corrected chi connectivity index (χ4v) is 3.11. The molecule has 0 radical (unpaired) electrons.